The highest BCUT2D eigenvalue weighted by molar-refractivity contribution is 5.94. The lowest BCUT2D eigenvalue weighted by atomic mass is 9.93. The predicted molar refractivity (Wildman–Crippen MR) is 91.4 cm³/mol. The van der Waals surface area contributed by atoms with Crippen LogP contribution in [0.4, 0.5) is 0 Å². The van der Waals surface area contributed by atoms with Gasteiger partial charge in [0.25, 0.3) is 5.91 Å². The number of hydrogen-bond acceptors (Lipinski definition) is 2. The Morgan fingerprint density at radius 3 is 2.57 bits per heavy atom. The molecule has 0 unspecified atom stereocenters. The minimum Gasteiger partial charge on any atom is -0.336 e. The normalized spacial score (nSPS) is 15.5. The van der Waals surface area contributed by atoms with Crippen LogP contribution in [0.1, 0.15) is 54.9 Å². The van der Waals surface area contributed by atoms with Gasteiger partial charge in [-0.05, 0) is 37.5 Å². The summed E-state index contributed by atoms with van der Waals surface area (Å²) in [4.78, 5) is 18.9. The highest BCUT2D eigenvalue weighted by Gasteiger charge is 2.24. The zero-order chi connectivity index (χ0) is 16.1. The molecule has 0 N–H and O–H groups in total. The van der Waals surface area contributed by atoms with Gasteiger partial charge in [-0.2, -0.15) is 0 Å². The number of amides is 1. The van der Waals surface area contributed by atoms with Crippen LogP contribution in [0.5, 0.6) is 0 Å². The smallest absolute Gasteiger partial charge is 0.254 e. The monoisotopic (exact) mass is 311 g/mol. The van der Waals surface area contributed by atoms with E-state index in [4.69, 9.17) is 0 Å². The number of hydrogen-bond donors (Lipinski definition) is 0. The molecule has 3 rings (SSSR count). The van der Waals surface area contributed by atoms with Crippen LogP contribution in [-0.2, 0) is 6.54 Å². The molecule has 0 spiro atoms. The number of rotatable bonds is 5. The molecule has 0 atom stereocenters. The first-order chi connectivity index (χ1) is 11.3. The van der Waals surface area contributed by atoms with Crippen LogP contribution in [0.25, 0.3) is 0 Å². The van der Waals surface area contributed by atoms with Gasteiger partial charge < -0.3 is 9.47 Å². The summed E-state index contributed by atoms with van der Waals surface area (Å²) >= 11 is 0. The maximum absolute atomic E-state index is 12.8. The van der Waals surface area contributed by atoms with Crippen molar-refractivity contribution in [2.24, 2.45) is 0 Å². The summed E-state index contributed by atoms with van der Waals surface area (Å²) < 4.78 is 2.03. The number of imidazole rings is 1. The van der Waals surface area contributed by atoms with Crippen LogP contribution in [0.3, 0.4) is 0 Å². The molecule has 0 bridgehead atoms. The molecule has 0 aliphatic heterocycles. The van der Waals surface area contributed by atoms with Crippen molar-refractivity contribution in [3.05, 3.63) is 54.1 Å². The zero-order valence-electron chi connectivity index (χ0n) is 13.8. The average molecular weight is 311 g/mol. The molecular formula is C19H25N3O. The van der Waals surface area contributed by atoms with E-state index in [1.165, 1.54) is 24.8 Å². The van der Waals surface area contributed by atoms with E-state index >= 15 is 0 Å². The Morgan fingerprint density at radius 2 is 1.96 bits per heavy atom. The van der Waals surface area contributed by atoms with Gasteiger partial charge in [-0.3, -0.25) is 4.79 Å². The van der Waals surface area contributed by atoms with E-state index in [9.17, 15) is 4.79 Å². The Balaban J connectivity index is 1.68. The number of carbonyl (C=O) groups excluding carboxylic acids is 1. The summed E-state index contributed by atoms with van der Waals surface area (Å²) in [5.41, 5.74) is 1.98. The van der Waals surface area contributed by atoms with Crippen LogP contribution in [-0.4, -0.2) is 32.9 Å². The molecule has 0 radical (unpaired) electrons. The molecule has 4 nitrogen and oxygen atoms in total. The van der Waals surface area contributed by atoms with Gasteiger partial charge in [-0.1, -0.05) is 31.4 Å². The summed E-state index contributed by atoms with van der Waals surface area (Å²) in [6, 6.07) is 8.43. The van der Waals surface area contributed by atoms with Crippen molar-refractivity contribution in [3.8, 4) is 0 Å². The lowest BCUT2D eigenvalue weighted by Gasteiger charge is -2.33. The van der Waals surface area contributed by atoms with Crippen molar-refractivity contribution in [2.45, 2.75) is 51.6 Å². The predicted octanol–water partition coefficient (Wildman–Crippen LogP) is 3.73. The number of aromatic nitrogens is 2. The molecule has 1 heterocycles. The van der Waals surface area contributed by atoms with Crippen LogP contribution in [0, 0.1) is 0 Å². The minimum absolute atomic E-state index is 0.175. The fourth-order valence-corrected chi connectivity index (χ4v) is 3.47. The first-order valence-corrected chi connectivity index (χ1v) is 8.63. The lowest BCUT2D eigenvalue weighted by Crippen LogP contribution is -2.41. The third-order valence-corrected chi connectivity index (χ3v) is 4.74. The van der Waals surface area contributed by atoms with E-state index < -0.39 is 0 Å². The van der Waals surface area contributed by atoms with Gasteiger partial charge >= 0.3 is 0 Å². The van der Waals surface area contributed by atoms with Gasteiger partial charge in [0.2, 0.25) is 0 Å². The Hall–Kier alpha value is -2.10. The van der Waals surface area contributed by atoms with Crippen LogP contribution < -0.4 is 0 Å². The molecule has 1 aliphatic carbocycles. The summed E-state index contributed by atoms with van der Waals surface area (Å²) in [7, 11) is 0. The van der Waals surface area contributed by atoms with Crippen molar-refractivity contribution in [3.63, 3.8) is 0 Å². The molecule has 1 aromatic heterocycles. The number of benzene rings is 1. The van der Waals surface area contributed by atoms with Gasteiger partial charge in [-0.15, -0.1) is 0 Å². The fraction of sp³-hybridized carbons (Fsp3) is 0.474. The molecular weight excluding hydrogens is 286 g/mol. The quantitative estimate of drug-likeness (QED) is 0.844. The van der Waals surface area contributed by atoms with E-state index in [2.05, 4.69) is 16.8 Å². The fourth-order valence-electron chi connectivity index (χ4n) is 3.47. The van der Waals surface area contributed by atoms with Gasteiger partial charge in [0.1, 0.15) is 0 Å². The Kier molecular flexibility index (Phi) is 5.11. The summed E-state index contributed by atoms with van der Waals surface area (Å²) in [6.07, 6.45) is 11.6. The third kappa shape index (κ3) is 3.81. The maximum Gasteiger partial charge on any atom is 0.254 e. The minimum atomic E-state index is 0.175. The van der Waals surface area contributed by atoms with Gasteiger partial charge in [0.05, 0.1) is 6.33 Å². The van der Waals surface area contributed by atoms with Gasteiger partial charge in [0, 0.05) is 37.1 Å². The Labute approximate surface area is 138 Å². The molecule has 122 valence electrons. The van der Waals surface area contributed by atoms with E-state index in [0.29, 0.717) is 6.04 Å². The topological polar surface area (TPSA) is 38.1 Å². The van der Waals surface area contributed by atoms with Crippen LogP contribution in [0.15, 0.2) is 43.0 Å². The molecule has 2 aromatic rings. The third-order valence-electron chi connectivity index (χ3n) is 4.74. The maximum atomic E-state index is 12.8. The first-order valence-electron chi connectivity index (χ1n) is 8.63. The van der Waals surface area contributed by atoms with Crippen LogP contribution in [0.2, 0.25) is 0 Å². The lowest BCUT2D eigenvalue weighted by molar-refractivity contribution is 0.0648. The number of carbonyl (C=O) groups is 1. The average Bonchev–Trinajstić information content (AvgIpc) is 3.10. The van der Waals surface area contributed by atoms with E-state index in [0.717, 1.165) is 31.5 Å². The number of nitrogens with zero attached hydrogens (tertiary/aromatic N) is 3. The summed E-state index contributed by atoms with van der Waals surface area (Å²) in [5, 5.41) is 0. The first kappa shape index (κ1) is 15.8. The van der Waals surface area contributed by atoms with Crippen molar-refractivity contribution < 1.29 is 4.79 Å². The second kappa shape index (κ2) is 7.44. The van der Waals surface area contributed by atoms with Crippen molar-refractivity contribution >= 4 is 5.91 Å². The van der Waals surface area contributed by atoms with Crippen molar-refractivity contribution in [2.75, 3.05) is 6.54 Å². The van der Waals surface area contributed by atoms with E-state index in [1.807, 2.05) is 35.0 Å². The Bertz CT molecular complexity index is 613. The largest absolute Gasteiger partial charge is 0.336 e. The summed E-state index contributed by atoms with van der Waals surface area (Å²) in [6.45, 7) is 3.66. The highest BCUT2D eigenvalue weighted by atomic mass is 16.2. The van der Waals surface area contributed by atoms with E-state index in [1.54, 1.807) is 12.5 Å². The molecule has 0 saturated heterocycles. The van der Waals surface area contributed by atoms with Gasteiger partial charge in [-0.25, -0.2) is 4.98 Å². The molecule has 1 amide bonds. The molecule has 1 fully saturated rings. The highest BCUT2D eigenvalue weighted by Crippen LogP contribution is 2.24. The molecule has 1 aromatic carbocycles. The van der Waals surface area contributed by atoms with Crippen LogP contribution >= 0.6 is 0 Å². The van der Waals surface area contributed by atoms with Gasteiger partial charge in [0.15, 0.2) is 0 Å². The van der Waals surface area contributed by atoms with E-state index in [-0.39, 0.29) is 5.91 Å². The second-order valence-corrected chi connectivity index (χ2v) is 6.31. The molecule has 1 aliphatic rings. The molecule has 23 heavy (non-hydrogen) atoms. The second-order valence-electron chi connectivity index (χ2n) is 6.31. The molecule has 1 saturated carbocycles. The SMILES string of the molecule is CCN(C(=O)c1ccc(Cn2ccnc2)cc1)C1CCCCC1. The summed E-state index contributed by atoms with van der Waals surface area (Å²) in [5.74, 6) is 0.175. The standard InChI is InChI=1S/C19H25N3O/c1-2-22(18-6-4-3-5-7-18)19(23)17-10-8-16(9-11-17)14-21-13-12-20-15-21/h8-13,15,18H,2-7,14H2,1H3. The zero-order valence-corrected chi connectivity index (χ0v) is 13.8. The van der Waals surface area contributed by atoms with Crippen molar-refractivity contribution in [1.29, 1.82) is 0 Å². The Morgan fingerprint density at radius 1 is 1.22 bits per heavy atom. The van der Waals surface area contributed by atoms with Crippen molar-refractivity contribution in [1.82, 2.24) is 14.5 Å². The molecule has 4 heteroatoms.